The highest BCUT2D eigenvalue weighted by molar-refractivity contribution is 7.89. The molecule has 1 amide bonds. The molecule has 8 nitrogen and oxygen atoms in total. The average molecular weight is 469 g/mol. The molecule has 1 heterocycles. The maximum absolute atomic E-state index is 13.0. The van der Waals surface area contributed by atoms with Gasteiger partial charge in [-0.15, -0.1) is 0 Å². The second kappa shape index (κ2) is 9.86. The molecule has 31 heavy (non-hydrogen) atoms. The van der Waals surface area contributed by atoms with Crippen LogP contribution in [0.25, 0.3) is 0 Å². The van der Waals surface area contributed by atoms with Crippen LogP contribution < -0.4 is 14.8 Å². The van der Waals surface area contributed by atoms with Gasteiger partial charge < -0.3 is 19.9 Å². The number of ether oxygens (including phenoxy) is 2. The summed E-state index contributed by atoms with van der Waals surface area (Å²) >= 11 is 5.84. The molecule has 0 saturated carbocycles. The van der Waals surface area contributed by atoms with Gasteiger partial charge in [0, 0.05) is 24.5 Å². The summed E-state index contributed by atoms with van der Waals surface area (Å²) in [7, 11) is -0.854. The van der Waals surface area contributed by atoms with E-state index in [1.165, 1.54) is 24.3 Å². The Morgan fingerprint density at radius 2 is 1.84 bits per heavy atom. The van der Waals surface area contributed by atoms with Crippen LogP contribution in [0.5, 0.6) is 11.5 Å². The molecule has 0 spiro atoms. The molecule has 0 bridgehead atoms. The van der Waals surface area contributed by atoms with Gasteiger partial charge in [-0.1, -0.05) is 17.7 Å². The number of hydrogen-bond donors (Lipinski definition) is 2. The number of rotatable bonds is 8. The molecule has 2 N–H and O–H groups in total. The second-order valence-electron chi connectivity index (χ2n) is 7.16. The molecule has 1 aliphatic rings. The first-order chi connectivity index (χ1) is 14.8. The number of nitrogens with zero attached hydrogens (tertiary/aromatic N) is 1. The average Bonchev–Trinajstić information content (AvgIpc) is 3.16. The minimum Gasteiger partial charge on any atom is -0.493 e. The molecular formula is C21H25ClN2O6S. The van der Waals surface area contributed by atoms with Crippen LogP contribution in [-0.4, -0.2) is 63.2 Å². The van der Waals surface area contributed by atoms with E-state index < -0.39 is 28.1 Å². The molecule has 0 aromatic heterocycles. The number of β-amino-alcohol motifs (C(OH)–C–C–N with tert-alkyl or cyclic N) is 1. The van der Waals surface area contributed by atoms with Crippen LogP contribution >= 0.6 is 11.6 Å². The number of carbonyl (C=O) groups excluding carboxylic acids is 1. The molecule has 1 fully saturated rings. The van der Waals surface area contributed by atoms with Crippen molar-refractivity contribution in [1.82, 2.24) is 9.62 Å². The lowest BCUT2D eigenvalue weighted by Crippen LogP contribution is -2.46. The summed E-state index contributed by atoms with van der Waals surface area (Å²) in [6, 6.07) is 10.2. The van der Waals surface area contributed by atoms with Crippen LogP contribution in [0.4, 0.5) is 0 Å². The number of carbonyl (C=O) groups is 1. The highest BCUT2D eigenvalue weighted by atomic mass is 35.5. The molecular weight excluding hydrogens is 444 g/mol. The summed E-state index contributed by atoms with van der Waals surface area (Å²) in [5.74, 6) is 0.748. The number of sulfonamides is 1. The summed E-state index contributed by atoms with van der Waals surface area (Å²) in [6.07, 6.45) is -0.357. The predicted octanol–water partition coefficient (Wildman–Crippen LogP) is 1.84. The third-order valence-corrected chi connectivity index (χ3v) is 7.26. The van der Waals surface area contributed by atoms with Gasteiger partial charge >= 0.3 is 0 Å². The molecule has 3 rings (SSSR count). The Kier molecular flexibility index (Phi) is 7.42. The van der Waals surface area contributed by atoms with Crippen molar-refractivity contribution in [2.45, 2.75) is 29.9 Å². The van der Waals surface area contributed by atoms with E-state index in [0.29, 0.717) is 29.5 Å². The smallest absolute Gasteiger partial charge is 0.243 e. The highest BCUT2D eigenvalue weighted by Gasteiger charge is 2.43. The molecule has 2 aromatic carbocycles. The SMILES string of the molecule is COc1ccc(CCNC(=O)[C@H]2C[C@@H](O)CN2S(=O)(=O)c2ccc(Cl)cc2)cc1OC. The first-order valence-corrected chi connectivity index (χ1v) is 11.5. The Bertz CT molecular complexity index is 1030. The van der Waals surface area contributed by atoms with Crippen molar-refractivity contribution in [2.24, 2.45) is 0 Å². The number of nitrogens with one attached hydrogen (secondary N) is 1. The first kappa shape index (κ1) is 23.3. The summed E-state index contributed by atoms with van der Waals surface area (Å²) in [6.45, 7) is 0.161. The number of amides is 1. The summed E-state index contributed by atoms with van der Waals surface area (Å²) < 4.78 is 37.5. The molecule has 2 atom stereocenters. The van der Waals surface area contributed by atoms with Crippen LogP contribution in [0, 0.1) is 0 Å². The van der Waals surface area contributed by atoms with Crippen molar-refractivity contribution in [3.05, 3.63) is 53.1 Å². The second-order valence-corrected chi connectivity index (χ2v) is 9.49. The third-order valence-electron chi connectivity index (χ3n) is 5.12. The summed E-state index contributed by atoms with van der Waals surface area (Å²) in [5, 5.41) is 13.2. The molecule has 1 saturated heterocycles. The van der Waals surface area contributed by atoms with Crippen molar-refractivity contribution in [2.75, 3.05) is 27.3 Å². The van der Waals surface area contributed by atoms with Gasteiger partial charge in [-0.3, -0.25) is 4.79 Å². The Hall–Kier alpha value is -2.33. The number of hydrogen-bond acceptors (Lipinski definition) is 6. The number of aliphatic hydroxyl groups is 1. The zero-order chi connectivity index (χ0) is 22.6. The topological polar surface area (TPSA) is 105 Å². The quantitative estimate of drug-likeness (QED) is 0.612. The molecule has 10 heteroatoms. The largest absolute Gasteiger partial charge is 0.493 e. The van der Waals surface area contributed by atoms with E-state index >= 15 is 0 Å². The standard InChI is InChI=1S/C21H25ClN2O6S/c1-29-19-8-3-14(11-20(19)30-2)9-10-23-21(26)18-12-16(25)13-24(18)31(27,28)17-6-4-15(22)5-7-17/h3-8,11,16,18,25H,9-10,12-13H2,1-2H3,(H,23,26)/t16-,18-/m1/s1. The van der Waals surface area contributed by atoms with Gasteiger partial charge in [0.05, 0.1) is 25.2 Å². The monoisotopic (exact) mass is 468 g/mol. The third kappa shape index (κ3) is 5.30. The van der Waals surface area contributed by atoms with Gasteiger partial charge in [0.15, 0.2) is 11.5 Å². The number of benzene rings is 2. The van der Waals surface area contributed by atoms with Crippen LogP contribution in [0.3, 0.4) is 0 Å². The van der Waals surface area contributed by atoms with Crippen LogP contribution in [0.2, 0.25) is 5.02 Å². The minimum absolute atomic E-state index is 0.0223. The highest BCUT2D eigenvalue weighted by Crippen LogP contribution is 2.28. The van der Waals surface area contributed by atoms with Crippen LogP contribution in [0.1, 0.15) is 12.0 Å². The molecule has 1 aliphatic heterocycles. The summed E-state index contributed by atoms with van der Waals surface area (Å²) in [5.41, 5.74) is 0.926. The van der Waals surface area contributed by atoms with Crippen molar-refractivity contribution in [1.29, 1.82) is 0 Å². The fraction of sp³-hybridized carbons (Fsp3) is 0.381. The van der Waals surface area contributed by atoms with Crippen LogP contribution in [-0.2, 0) is 21.2 Å². The van der Waals surface area contributed by atoms with Gasteiger partial charge in [-0.05, 0) is 48.4 Å². The first-order valence-electron chi connectivity index (χ1n) is 9.70. The Balaban J connectivity index is 1.67. The minimum atomic E-state index is -3.95. The van der Waals surface area contributed by atoms with Gasteiger partial charge in [-0.2, -0.15) is 4.31 Å². The fourth-order valence-corrected chi connectivity index (χ4v) is 5.28. The van der Waals surface area contributed by atoms with Crippen molar-refractivity contribution < 1.29 is 27.8 Å². The van der Waals surface area contributed by atoms with Gasteiger partial charge in [0.1, 0.15) is 6.04 Å². The van der Waals surface area contributed by atoms with Gasteiger partial charge in [0.25, 0.3) is 0 Å². The number of halogens is 1. The lowest BCUT2D eigenvalue weighted by molar-refractivity contribution is -0.124. The van der Waals surface area contributed by atoms with Gasteiger partial charge in [0.2, 0.25) is 15.9 Å². The maximum atomic E-state index is 13.0. The van der Waals surface area contributed by atoms with Gasteiger partial charge in [-0.25, -0.2) is 8.42 Å². The van der Waals surface area contributed by atoms with E-state index in [1.807, 2.05) is 12.1 Å². The normalized spacial score (nSPS) is 19.2. The van der Waals surface area contributed by atoms with E-state index in [9.17, 15) is 18.3 Å². The molecule has 168 valence electrons. The fourth-order valence-electron chi connectivity index (χ4n) is 3.51. The maximum Gasteiger partial charge on any atom is 0.243 e. The lowest BCUT2D eigenvalue weighted by Gasteiger charge is -2.23. The molecule has 2 aromatic rings. The number of aliphatic hydroxyl groups excluding tert-OH is 1. The number of methoxy groups -OCH3 is 2. The van der Waals surface area contributed by atoms with Crippen molar-refractivity contribution >= 4 is 27.5 Å². The van der Waals surface area contributed by atoms with Crippen molar-refractivity contribution in [3.63, 3.8) is 0 Å². The Morgan fingerprint density at radius 1 is 1.16 bits per heavy atom. The molecule has 0 aliphatic carbocycles. The Morgan fingerprint density at radius 3 is 2.48 bits per heavy atom. The lowest BCUT2D eigenvalue weighted by atomic mass is 10.1. The van der Waals surface area contributed by atoms with Crippen LogP contribution in [0.15, 0.2) is 47.4 Å². The zero-order valence-corrected chi connectivity index (χ0v) is 18.8. The van der Waals surface area contributed by atoms with Crippen molar-refractivity contribution in [3.8, 4) is 11.5 Å². The summed E-state index contributed by atoms with van der Waals surface area (Å²) in [4.78, 5) is 12.8. The zero-order valence-electron chi connectivity index (χ0n) is 17.2. The van der Waals surface area contributed by atoms with E-state index in [1.54, 1.807) is 20.3 Å². The van der Waals surface area contributed by atoms with E-state index in [-0.39, 0.29) is 17.9 Å². The predicted molar refractivity (Wildman–Crippen MR) is 116 cm³/mol. The van der Waals surface area contributed by atoms with E-state index in [2.05, 4.69) is 5.32 Å². The molecule has 0 radical (unpaired) electrons. The van der Waals surface area contributed by atoms with E-state index in [0.717, 1.165) is 9.87 Å². The Labute approximate surface area is 186 Å². The van der Waals surface area contributed by atoms with E-state index in [4.69, 9.17) is 21.1 Å². The molecule has 0 unspecified atom stereocenters.